The maximum atomic E-state index is 12.5. The molecule has 1 N–H and O–H groups in total. The molecule has 8 nitrogen and oxygen atoms in total. The Balaban J connectivity index is 2.08. The molecule has 2 atom stereocenters. The highest BCUT2D eigenvalue weighted by atomic mass is 16.6. The molecule has 2 rings (SSSR count). The van der Waals surface area contributed by atoms with Crippen molar-refractivity contribution >= 4 is 17.6 Å². The number of amides is 1. The fraction of sp³-hybridized carbons (Fsp3) is 0.333. The summed E-state index contributed by atoms with van der Waals surface area (Å²) in [6.07, 6.45) is 0.659. The van der Waals surface area contributed by atoms with Gasteiger partial charge in [0.15, 0.2) is 5.76 Å². The number of nitro groups is 1. The van der Waals surface area contributed by atoms with E-state index in [1.807, 2.05) is 0 Å². The smallest absolute Gasteiger partial charge is 0.329 e. The van der Waals surface area contributed by atoms with Crippen molar-refractivity contribution < 1.29 is 23.7 Å². The number of hydrogen-bond acceptors (Lipinski definition) is 6. The normalized spacial score (nSPS) is 13.1. The summed E-state index contributed by atoms with van der Waals surface area (Å²) in [5.74, 6) is -1.28. The van der Waals surface area contributed by atoms with Crippen LogP contribution < -0.4 is 5.32 Å². The predicted octanol–water partition coefficient (Wildman–Crippen LogP) is 3.25. The Bertz CT molecular complexity index is 785. The fourth-order valence-electron chi connectivity index (χ4n) is 2.32. The summed E-state index contributed by atoms with van der Waals surface area (Å²) in [5, 5.41) is 13.5. The van der Waals surface area contributed by atoms with Gasteiger partial charge in [-0.15, -0.1) is 0 Å². The average molecular weight is 360 g/mol. The molecule has 0 bridgehead atoms. The van der Waals surface area contributed by atoms with Crippen LogP contribution in [0.4, 0.5) is 5.69 Å². The molecule has 1 amide bonds. The largest absolute Gasteiger partial charge is 0.459 e. The summed E-state index contributed by atoms with van der Waals surface area (Å²) in [7, 11) is 0. The van der Waals surface area contributed by atoms with Gasteiger partial charge in [-0.2, -0.15) is 0 Å². The van der Waals surface area contributed by atoms with Gasteiger partial charge in [0, 0.05) is 12.1 Å². The zero-order chi connectivity index (χ0) is 19.3. The van der Waals surface area contributed by atoms with Crippen LogP contribution in [-0.2, 0) is 9.53 Å². The molecule has 0 aliphatic rings. The number of ether oxygens (including phenoxy) is 1. The SMILES string of the molecule is CC(C)[C@H](NC(=O)c1ccco1)C(=O)O[C@H](C)c1cccc([N+](=O)[O-])c1. The van der Waals surface area contributed by atoms with Gasteiger partial charge in [0.2, 0.25) is 0 Å². The van der Waals surface area contributed by atoms with Gasteiger partial charge in [-0.05, 0) is 30.5 Å². The Labute approximate surface area is 150 Å². The Morgan fingerprint density at radius 3 is 2.50 bits per heavy atom. The summed E-state index contributed by atoms with van der Waals surface area (Å²) in [4.78, 5) is 35.0. The van der Waals surface area contributed by atoms with Crippen LogP contribution in [0.3, 0.4) is 0 Å². The molecule has 1 aromatic carbocycles. The van der Waals surface area contributed by atoms with Crippen molar-refractivity contribution in [2.45, 2.75) is 32.9 Å². The molecule has 0 saturated carbocycles. The van der Waals surface area contributed by atoms with E-state index < -0.39 is 28.9 Å². The summed E-state index contributed by atoms with van der Waals surface area (Å²) in [5.41, 5.74) is 0.407. The van der Waals surface area contributed by atoms with Gasteiger partial charge in [-0.25, -0.2) is 4.79 Å². The van der Waals surface area contributed by atoms with Crippen molar-refractivity contribution in [3.63, 3.8) is 0 Å². The minimum atomic E-state index is -0.881. The molecule has 0 radical (unpaired) electrons. The number of nitrogens with one attached hydrogen (secondary N) is 1. The number of furan rings is 1. The highest BCUT2D eigenvalue weighted by Gasteiger charge is 2.28. The van der Waals surface area contributed by atoms with E-state index in [1.54, 1.807) is 32.9 Å². The minimum absolute atomic E-state index is 0.0862. The molecule has 0 spiro atoms. The summed E-state index contributed by atoms with van der Waals surface area (Å²) in [6.45, 7) is 5.15. The van der Waals surface area contributed by atoms with Crippen molar-refractivity contribution in [2.75, 3.05) is 0 Å². The number of carbonyl (C=O) groups excluding carboxylic acids is 2. The average Bonchev–Trinajstić information content (AvgIpc) is 3.13. The number of rotatable bonds is 7. The first-order chi connectivity index (χ1) is 12.3. The topological polar surface area (TPSA) is 112 Å². The molecule has 2 aromatic rings. The first-order valence-corrected chi connectivity index (χ1v) is 8.08. The van der Waals surface area contributed by atoms with Crippen molar-refractivity contribution in [3.8, 4) is 0 Å². The first kappa shape index (κ1) is 19.2. The Morgan fingerprint density at radius 2 is 1.92 bits per heavy atom. The van der Waals surface area contributed by atoms with Crippen LogP contribution in [0.5, 0.6) is 0 Å². The fourth-order valence-corrected chi connectivity index (χ4v) is 2.32. The molecule has 1 aromatic heterocycles. The van der Waals surface area contributed by atoms with E-state index in [9.17, 15) is 19.7 Å². The van der Waals surface area contributed by atoms with Gasteiger partial charge in [0.25, 0.3) is 11.6 Å². The Kier molecular flexibility index (Phi) is 6.11. The third-order valence-electron chi connectivity index (χ3n) is 3.80. The monoisotopic (exact) mass is 360 g/mol. The van der Waals surface area contributed by atoms with E-state index in [0.29, 0.717) is 5.56 Å². The third kappa shape index (κ3) is 4.69. The van der Waals surface area contributed by atoms with E-state index in [4.69, 9.17) is 9.15 Å². The number of nitrogens with zero attached hydrogens (tertiary/aromatic N) is 1. The van der Waals surface area contributed by atoms with E-state index >= 15 is 0 Å². The lowest BCUT2D eigenvalue weighted by atomic mass is 10.0. The molecule has 0 aliphatic heterocycles. The van der Waals surface area contributed by atoms with Crippen LogP contribution in [0, 0.1) is 16.0 Å². The highest BCUT2D eigenvalue weighted by Crippen LogP contribution is 2.22. The van der Waals surface area contributed by atoms with Crippen molar-refractivity contribution in [1.82, 2.24) is 5.32 Å². The molecular weight excluding hydrogens is 340 g/mol. The lowest BCUT2D eigenvalue weighted by Gasteiger charge is -2.23. The maximum Gasteiger partial charge on any atom is 0.329 e. The molecule has 0 aliphatic carbocycles. The molecule has 1 heterocycles. The zero-order valence-corrected chi connectivity index (χ0v) is 14.7. The second kappa shape index (κ2) is 8.28. The van der Waals surface area contributed by atoms with Gasteiger partial charge in [0.1, 0.15) is 12.1 Å². The van der Waals surface area contributed by atoms with E-state index in [0.717, 1.165) is 0 Å². The summed E-state index contributed by atoms with van der Waals surface area (Å²) < 4.78 is 10.4. The highest BCUT2D eigenvalue weighted by molar-refractivity contribution is 5.94. The van der Waals surface area contributed by atoms with Gasteiger partial charge < -0.3 is 14.5 Å². The zero-order valence-electron chi connectivity index (χ0n) is 14.7. The van der Waals surface area contributed by atoms with E-state index in [-0.39, 0.29) is 17.4 Å². The molecule has 138 valence electrons. The molecule has 26 heavy (non-hydrogen) atoms. The second-order valence-electron chi connectivity index (χ2n) is 6.10. The lowest BCUT2D eigenvalue weighted by Crippen LogP contribution is -2.45. The molecule has 0 saturated heterocycles. The van der Waals surface area contributed by atoms with Crippen LogP contribution in [0.2, 0.25) is 0 Å². The molecule has 8 heteroatoms. The van der Waals surface area contributed by atoms with Crippen LogP contribution in [0.1, 0.15) is 43.0 Å². The predicted molar refractivity (Wildman–Crippen MR) is 92.4 cm³/mol. The standard InChI is InChI=1S/C18H20N2O6/c1-11(2)16(19-17(21)15-8-5-9-25-15)18(22)26-12(3)13-6-4-7-14(10-13)20(23)24/h4-12,16H,1-3H3,(H,19,21)/t12-,16+/m1/s1. The summed E-state index contributed by atoms with van der Waals surface area (Å²) in [6, 6.07) is 8.05. The maximum absolute atomic E-state index is 12.5. The van der Waals surface area contributed by atoms with Crippen molar-refractivity contribution in [3.05, 3.63) is 64.1 Å². The third-order valence-corrected chi connectivity index (χ3v) is 3.80. The molecular formula is C18H20N2O6. The number of carbonyl (C=O) groups is 2. The first-order valence-electron chi connectivity index (χ1n) is 8.08. The Morgan fingerprint density at radius 1 is 1.19 bits per heavy atom. The van der Waals surface area contributed by atoms with E-state index in [2.05, 4.69) is 5.32 Å². The van der Waals surface area contributed by atoms with Crippen LogP contribution >= 0.6 is 0 Å². The number of non-ortho nitro benzene ring substituents is 1. The Hall–Kier alpha value is -3.16. The molecule has 0 fully saturated rings. The number of benzene rings is 1. The number of hydrogen-bond donors (Lipinski definition) is 1. The lowest BCUT2D eigenvalue weighted by molar-refractivity contribution is -0.385. The summed E-state index contributed by atoms with van der Waals surface area (Å²) >= 11 is 0. The van der Waals surface area contributed by atoms with Gasteiger partial charge >= 0.3 is 5.97 Å². The van der Waals surface area contributed by atoms with Gasteiger partial charge in [0.05, 0.1) is 11.2 Å². The van der Waals surface area contributed by atoms with Gasteiger partial charge in [-0.3, -0.25) is 14.9 Å². The molecule has 0 unspecified atom stereocenters. The van der Waals surface area contributed by atoms with Crippen molar-refractivity contribution in [1.29, 1.82) is 0 Å². The number of nitro benzene ring substituents is 1. The van der Waals surface area contributed by atoms with E-state index in [1.165, 1.54) is 30.5 Å². The quantitative estimate of drug-likeness (QED) is 0.461. The second-order valence-corrected chi connectivity index (χ2v) is 6.10. The van der Waals surface area contributed by atoms with Crippen LogP contribution in [-0.4, -0.2) is 22.8 Å². The van der Waals surface area contributed by atoms with Crippen molar-refractivity contribution in [2.24, 2.45) is 5.92 Å². The number of esters is 1. The minimum Gasteiger partial charge on any atom is -0.459 e. The van der Waals surface area contributed by atoms with Gasteiger partial charge in [-0.1, -0.05) is 26.0 Å². The van der Waals surface area contributed by atoms with Crippen LogP contribution in [0.25, 0.3) is 0 Å². The van der Waals surface area contributed by atoms with Crippen LogP contribution in [0.15, 0.2) is 47.1 Å².